The van der Waals surface area contributed by atoms with Gasteiger partial charge in [0, 0.05) is 10.3 Å². The molecule has 0 atom stereocenters. The van der Waals surface area contributed by atoms with Crippen molar-refractivity contribution < 1.29 is 4.39 Å². The van der Waals surface area contributed by atoms with Crippen LogP contribution < -0.4 is 5.43 Å². The maximum absolute atomic E-state index is 13.4. The number of thiophene rings is 1. The van der Waals surface area contributed by atoms with E-state index in [4.69, 9.17) is 0 Å². The summed E-state index contributed by atoms with van der Waals surface area (Å²) in [6.45, 7) is 0. The molecule has 1 heterocycles. The molecule has 0 aliphatic rings. The number of rotatable bonds is 3. The molecule has 1 aromatic heterocycles. The third-order valence-corrected chi connectivity index (χ3v) is 3.69. The highest BCUT2D eigenvalue weighted by molar-refractivity contribution is 7.17. The first-order chi connectivity index (χ1) is 9.33. The minimum absolute atomic E-state index is 0.243. The molecule has 0 amide bonds. The number of nitrogens with zero attached hydrogens (tertiary/aromatic N) is 1. The molecule has 3 aromatic rings. The third-order valence-electron chi connectivity index (χ3n) is 2.72. The van der Waals surface area contributed by atoms with Crippen LogP contribution in [0.3, 0.4) is 0 Å². The van der Waals surface area contributed by atoms with Crippen LogP contribution in [0.4, 0.5) is 10.1 Å². The van der Waals surface area contributed by atoms with Crippen molar-refractivity contribution in [2.24, 2.45) is 5.10 Å². The molecule has 4 heteroatoms. The second kappa shape index (κ2) is 5.20. The van der Waals surface area contributed by atoms with E-state index in [9.17, 15) is 4.39 Å². The Balaban J connectivity index is 1.87. The lowest BCUT2D eigenvalue weighted by atomic mass is 10.2. The number of halogens is 1. The van der Waals surface area contributed by atoms with Gasteiger partial charge in [-0.15, -0.1) is 11.3 Å². The first-order valence-electron chi connectivity index (χ1n) is 5.84. The van der Waals surface area contributed by atoms with Crippen LogP contribution in [0.2, 0.25) is 0 Å². The van der Waals surface area contributed by atoms with E-state index < -0.39 is 0 Å². The van der Waals surface area contributed by atoms with Crippen LogP contribution >= 0.6 is 11.3 Å². The molecule has 2 nitrogen and oxygen atoms in total. The molecular weight excluding hydrogens is 259 g/mol. The van der Waals surface area contributed by atoms with Gasteiger partial charge >= 0.3 is 0 Å². The molecule has 0 saturated carbocycles. The summed E-state index contributed by atoms with van der Waals surface area (Å²) in [4.78, 5) is 0. The Morgan fingerprint density at radius 2 is 1.95 bits per heavy atom. The van der Waals surface area contributed by atoms with Gasteiger partial charge in [0.1, 0.15) is 5.82 Å². The van der Waals surface area contributed by atoms with Crippen molar-refractivity contribution in [3.63, 3.8) is 0 Å². The van der Waals surface area contributed by atoms with E-state index in [-0.39, 0.29) is 5.82 Å². The highest BCUT2D eigenvalue weighted by Crippen LogP contribution is 2.25. The second-order valence-electron chi connectivity index (χ2n) is 4.07. The maximum atomic E-state index is 13.4. The van der Waals surface area contributed by atoms with Crippen LogP contribution in [0.5, 0.6) is 0 Å². The van der Waals surface area contributed by atoms with Gasteiger partial charge in [0.25, 0.3) is 0 Å². The average Bonchev–Trinajstić information content (AvgIpc) is 2.88. The highest BCUT2D eigenvalue weighted by atomic mass is 32.1. The molecule has 0 bridgehead atoms. The Kier molecular flexibility index (Phi) is 3.25. The van der Waals surface area contributed by atoms with Crippen molar-refractivity contribution in [2.45, 2.75) is 0 Å². The van der Waals surface area contributed by atoms with Crippen LogP contribution in [0.15, 0.2) is 59.0 Å². The van der Waals surface area contributed by atoms with Gasteiger partial charge in [-0.25, -0.2) is 4.39 Å². The molecule has 19 heavy (non-hydrogen) atoms. The van der Waals surface area contributed by atoms with Crippen LogP contribution in [0.25, 0.3) is 10.1 Å². The SMILES string of the molecule is Fc1cc(C=NNc2ccccc2)c2sccc2c1. The minimum atomic E-state index is -0.243. The van der Waals surface area contributed by atoms with Gasteiger partial charge in [-0.05, 0) is 41.1 Å². The lowest BCUT2D eigenvalue weighted by molar-refractivity contribution is 0.629. The molecule has 0 fully saturated rings. The van der Waals surface area contributed by atoms with Crippen molar-refractivity contribution in [3.8, 4) is 0 Å². The smallest absolute Gasteiger partial charge is 0.124 e. The molecular formula is C15H11FN2S. The Labute approximate surface area is 114 Å². The summed E-state index contributed by atoms with van der Waals surface area (Å²) in [6, 6.07) is 14.6. The van der Waals surface area contributed by atoms with Gasteiger partial charge in [-0.2, -0.15) is 5.10 Å². The van der Waals surface area contributed by atoms with E-state index in [0.29, 0.717) is 0 Å². The van der Waals surface area contributed by atoms with E-state index in [1.807, 2.05) is 41.8 Å². The Morgan fingerprint density at radius 3 is 2.79 bits per heavy atom. The summed E-state index contributed by atoms with van der Waals surface area (Å²) in [5.41, 5.74) is 4.61. The molecule has 0 aliphatic heterocycles. The number of para-hydroxylation sites is 1. The van der Waals surface area contributed by atoms with Crippen LogP contribution in [-0.2, 0) is 0 Å². The van der Waals surface area contributed by atoms with E-state index in [2.05, 4.69) is 10.5 Å². The van der Waals surface area contributed by atoms with E-state index in [1.165, 1.54) is 12.1 Å². The normalized spacial score (nSPS) is 11.2. The van der Waals surface area contributed by atoms with E-state index in [0.717, 1.165) is 21.3 Å². The van der Waals surface area contributed by atoms with Crippen molar-refractivity contribution >= 4 is 33.3 Å². The Morgan fingerprint density at radius 1 is 1.11 bits per heavy atom. The number of benzene rings is 2. The lowest BCUT2D eigenvalue weighted by Gasteiger charge is -2.00. The number of hydrogen-bond acceptors (Lipinski definition) is 3. The van der Waals surface area contributed by atoms with Gasteiger partial charge in [0.2, 0.25) is 0 Å². The minimum Gasteiger partial charge on any atom is -0.279 e. The number of anilines is 1. The standard InChI is InChI=1S/C15H11FN2S/c16-13-8-11-6-7-19-15(11)12(9-13)10-17-18-14-4-2-1-3-5-14/h1-10,18H. The van der Waals surface area contributed by atoms with Crippen LogP contribution in [-0.4, -0.2) is 6.21 Å². The summed E-state index contributed by atoms with van der Waals surface area (Å²) >= 11 is 1.58. The van der Waals surface area contributed by atoms with Crippen LogP contribution in [0, 0.1) is 5.82 Å². The summed E-state index contributed by atoms with van der Waals surface area (Å²) < 4.78 is 14.5. The Hall–Kier alpha value is -2.20. The summed E-state index contributed by atoms with van der Waals surface area (Å²) in [6.07, 6.45) is 1.65. The Bertz CT molecular complexity index is 719. The first-order valence-corrected chi connectivity index (χ1v) is 6.72. The zero-order valence-electron chi connectivity index (χ0n) is 10.0. The topological polar surface area (TPSA) is 24.4 Å². The summed E-state index contributed by atoms with van der Waals surface area (Å²) in [5, 5.41) is 7.01. The van der Waals surface area contributed by atoms with Gasteiger partial charge in [-0.1, -0.05) is 18.2 Å². The lowest BCUT2D eigenvalue weighted by Crippen LogP contribution is -1.91. The number of hydrogen-bond donors (Lipinski definition) is 1. The molecule has 94 valence electrons. The monoisotopic (exact) mass is 270 g/mol. The number of hydrazone groups is 1. The third kappa shape index (κ3) is 2.63. The quantitative estimate of drug-likeness (QED) is 0.550. The van der Waals surface area contributed by atoms with Crippen molar-refractivity contribution in [2.75, 3.05) is 5.43 Å². The first kappa shape index (κ1) is 11.9. The predicted molar refractivity (Wildman–Crippen MR) is 79.4 cm³/mol. The molecule has 0 spiro atoms. The van der Waals surface area contributed by atoms with E-state index >= 15 is 0 Å². The van der Waals surface area contributed by atoms with Gasteiger partial charge < -0.3 is 0 Å². The van der Waals surface area contributed by atoms with Crippen molar-refractivity contribution in [1.29, 1.82) is 0 Å². The predicted octanol–water partition coefficient (Wildman–Crippen LogP) is 4.49. The summed E-state index contributed by atoms with van der Waals surface area (Å²) in [5.74, 6) is -0.243. The fraction of sp³-hybridized carbons (Fsp3) is 0. The molecule has 0 unspecified atom stereocenters. The molecule has 0 radical (unpaired) electrons. The highest BCUT2D eigenvalue weighted by Gasteiger charge is 2.03. The van der Waals surface area contributed by atoms with Crippen molar-refractivity contribution in [3.05, 3.63) is 65.3 Å². The number of nitrogens with one attached hydrogen (secondary N) is 1. The molecule has 0 aliphatic carbocycles. The number of fused-ring (bicyclic) bond motifs is 1. The fourth-order valence-electron chi connectivity index (χ4n) is 1.86. The van der Waals surface area contributed by atoms with Crippen molar-refractivity contribution in [1.82, 2.24) is 0 Å². The molecule has 0 saturated heterocycles. The zero-order valence-corrected chi connectivity index (χ0v) is 10.8. The van der Waals surface area contributed by atoms with E-state index in [1.54, 1.807) is 17.6 Å². The van der Waals surface area contributed by atoms with Gasteiger partial charge in [0.15, 0.2) is 0 Å². The van der Waals surface area contributed by atoms with Gasteiger partial charge in [-0.3, -0.25) is 5.43 Å². The van der Waals surface area contributed by atoms with Gasteiger partial charge in [0.05, 0.1) is 11.9 Å². The largest absolute Gasteiger partial charge is 0.279 e. The summed E-state index contributed by atoms with van der Waals surface area (Å²) in [7, 11) is 0. The molecule has 1 N–H and O–H groups in total. The zero-order chi connectivity index (χ0) is 13.1. The molecule has 3 rings (SSSR count). The van der Waals surface area contributed by atoms with Crippen LogP contribution in [0.1, 0.15) is 5.56 Å². The fourth-order valence-corrected chi connectivity index (χ4v) is 2.72. The second-order valence-corrected chi connectivity index (χ2v) is 4.99. The maximum Gasteiger partial charge on any atom is 0.124 e. The molecule has 2 aromatic carbocycles. The average molecular weight is 270 g/mol.